The largest absolute Gasteiger partial charge is 0.330 e. The highest BCUT2D eigenvalue weighted by molar-refractivity contribution is 6.36. The summed E-state index contributed by atoms with van der Waals surface area (Å²) in [4.78, 5) is 8.66. The monoisotopic (exact) mass is 306 g/mol. The molecule has 3 heterocycles. The molecule has 0 fully saturated rings. The van der Waals surface area contributed by atoms with Crippen LogP contribution < -0.4 is 5.73 Å². The summed E-state index contributed by atoms with van der Waals surface area (Å²) < 4.78 is 1.91. The van der Waals surface area contributed by atoms with E-state index in [1.54, 1.807) is 18.5 Å². The normalized spacial score (nSPS) is 11.2. The van der Waals surface area contributed by atoms with Crippen molar-refractivity contribution in [3.63, 3.8) is 0 Å². The molecular weight excluding hydrogens is 295 g/mol. The molecule has 0 aliphatic heterocycles. The maximum atomic E-state index is 6.22. The van der Waals surface area contributed by atoms with E-state index in [1.165, 1.54) is 0 Å². The second kappa shape index (κ2) is 5.40. The van der Waals surface area contributed by atoms with Crippen LogP contribution in [0.4, 0.5) is 0 Å². The van der Waals surface area contributed by atoms with Crippen LogP contribution in [0.2, 0.25) is 10.0 Å². The summed E-state index contributed by atoms with van der Waals surface area (Å²) >= 11 is 12.3. The average Bonchev–Trinajstić information content (AvgIpc) is 2.80. The highest BCUT2D eigenvalue weighted by atomic mass is 35.5. The fraction of sp³-hybridized carbons (Fsp3) is 0.143. The van der Waals surface area contributed by atoms with E-state index in [9.17, 15) is 0 Å². The number of halogens is 2. The lowest BCUT2D eigenvalue weighted by molar-refractivity contribution is 0.907. The van der Waals surface area contributed by atoms with Crippen LogP contribution in [0.1, 0.15) is 5.69 Å². The Kier molecular flexibility index (Phi) is 3.61. The van der Waals surface area contributed by atoms with Gasteiger partial charge in [-0.2, -0.15) is 0 Å². The first-order valence-electron chi connectivity index (χ1n) is 6.17. The summed E-state index contributed by atoms with van der Waals surface area (Å²) in [5.74, 6) is 0. The topological polar surface area (TPSA) is 56.2 Å². The smallest absolute Gasteiger partial charge is 0.156 e. The summed E-state index contributed by atoms with van der Waals surface area (Å²) in [5.41, 5.74) is 9.25. The van der Waals surface area contributed by atoms with Crippen molar-refractivity contribution in [3.8, 4) is 11.3 Å². The molecule has 20 heavy (non-hydrogen) atoms. The first-order chi connectivity index (χ1) is 9.70. The third kappa shape index (κ3) is 2.26. The van der Waals surface area contributed by atoms with Crippen LogP contribution in [0, 0.1) is 0 Å². The predicted molar refractivity (Wildman–Crippen MR) is 81.2 cm³/mol. The van der Waals surface area contributed by atoms with Crippen LogP contribution in [-0.4, -0.2) is 20.9 Å². The SMILES string of the molecule is NCCc1c(-c2ccncc2)nc2c(Cl)cc(Cl)cn12. The van der Waals surface area contributed by atoms with Crippen molar-refractivity contribution in [1.82, 2.24) is 14.4 Å². The lowest BCUT2D eigenvalue weighted by Gasteiger charge is -2.04. The van der Waals surface area contributed by atoms with E-state index in [1.807, 2.05) is 22.7 Å². The molecule has 3 aromatic rings. The van der Waals surface area contributed by atoms with Gasteiger partial charge in [0.25, 0.3) is 0 Å². The minimum atomic E-state index is 0.524. The molecule has 0 aromatic carbocycles. The van der Waals surface area contributed by atoms with Gasteiger partial charge < -0.3 is 10.1 Å². The molecule has 0 spiro atoms. The van der Waals surface area contributed by atoms with Crippen LogP contribution in [0.15, 0.2) is 36.8 Å². The number of nitrogens with zero attached hydrogens (tertiary/aromatic N) is 3. The van der Waals surface area contributed by atoms with Crippen molar-refractivity contribution in [2.24, 2.45) is 5.73 Å². The minimum absolute atomic E-state index is 0.524. The van der Waals surface area contributed by atoms with Gasteiger partial charge in [-0.25, -0.2) is 4.98 Å². The van der Waals surface area contributed by atoms with E-state index in [0.717, 1.165) is 17.0 Å². The maximum absolute atomic E-state index is 6.22. The van der Waals surface area contributed by atoms with E-state index >= 15 is 0 Å². The van der Waals surface area contributed by atoms with Crippen molar-refractivity contribution >= 4 is 28.8 Å². The van der Waals surface area contributed by atoms with Gasteiger partial charge in [-0.05, 0) is 24.7 Å². The fourth-order valence-electron chi connectivity index (χ4n) is 2.24. The molecule has 0 amide bonds. The second-order valence-corrected chi connectivity index (χ2v) is 5.23. The maximum Gasteiger partial charge on any atom is 0.156 e. The zero-order chi connectivity index (χ0) is 14.1. The van der Waals surface area contributed by atoms with Gasteiger partial charge >= 0.3 is 0 Å². The Morgan fingerprint density at radius 2 is 1.95 bits per heavy atom. The number of nitrogens with two attached hydrogens (primary N) is 1. The Balaban J connectivity index is 2.32. The average molecular weight is 307 g/mol. The van der Waals surface area contributed by atoms with Crippen LogP contribution >= 0.6 is 23.2 Å². The van der Waals surface area contributed by atoms with E-state index in [4.69, 9.17) is 28.9 Å². The van der Waals surface area contributed by atoms with E-state index in [2.05, 4.69) is 9.97 Å². The summed E-state index contributed by atoms with van der Waals surface area (Å²) in [5, 5.41) is 1.09. The number of pyridine rings is 2. The molecule has 3 aromatic heterocycles. The highest BCUT2D eigenvalue weighted by Gasteiger charge is 2.15. The number of imidazole rings is 1. The van der Waals surface area contributed by atoms with Crippen LogP contribution in [0.25, 0.3) is 16.9 Å². The first kappa shape index (κ1) is 13.4. The van der Waals surface area contributed by atoms with Gasteiger partial charge in [0, 0.05) is 30.6 Å². The van der Waals surface area contributed by atoms with Crippen LogP contribution in [0.3, 0.4) is 0 Å². The van der Waals surface area contributed by atoms with E-state index in [-0.39, 0.29) is 0 Å². The highest BCUT2D eigenvalue weighted by Crippen LogP contribution is 2.29. The van der Waals surface area contributed by atoms with Crippen molar-refractivity contribution in [1.29, 1.82) is 0 Å². The lowest BCUT2D eigenvalue weighted by atomic mass is 10.1. The zero-order valence-corrected chi connectivity index (χ0v) is 12.1. The minimum Gasteiger partial charge on any atom is -0.330 e. The zero-order valence-electron chi connectivity index (χ0n) is 10.6. The van der Waals surface area contributed by atoms with E-state index < -0.39 is 0 Å². The molecule has 0 aliphatic rings. The third-order valence-corrected chi connectivity index (χ3v) is 3.56. The third-order valence-electron chi connectivity index (χ3n) is 3.08. The number of aromatic nitrogens is 3. The van der Waals surface area contributed by atoms with Gasteiger partial charge in [0.05, 0.1) is 21.4 Å². The Morgan fingerprint density at radius 3 is 2.65 bits per heavy atom. The summed E-state index contributed by atoms with van der Waals surface area (Å²) in [6.07, 6.45) is 5.97. The molecule has 0 saturated heterocycles. The van der Waals surface area contributed by atoms with Gasteiger partial charge in [-0.3, -0.25) is 4.98 Å². The predicted octanol–water partition coefficient (Wildman–Crippen LogP) is 3.20. The molecular formula is C14H12Cl2N4. The molecule has 2 N–H and O–H groups in total. The number of rotatable bonds is 3. The molecule has 0 bridgehead atoms. The number of fused-ring (bicyclic) bond motifs is 1. The lowest BCUT2D eigenvalue weighted by Crippen LogP contribution is -2.06. The van der Waals surface area contributed by atoms with Crippen molar-refractivity contribution in [2.75, 3.05) is 6.54 Å². The molecule has 0 saturated carbocycles. The molecule has 0 aliphatic carbocycles. The van der Waals surface area contributed by atoms with Gasteiger partial charge in [-0.15, -0.1) is 0 Å². The molecule has 0 radical (unpaired) electrons. The molecule has 0 atom stereocenters. The number of hydrogen-bond acceptors (Lipinski definition) is 3. The van der Waals surface area contributed by atoms with Crippen molar-refractivity contribution in [2.45, 2.75) is 6.42 Å². The van der Waals surface area contributed by atoms with Gasteiger partial charge in [0.2, 0.25) is 0 Å². The van der Waals surface area contributed by atoms with Crippen molar-refractivity contribution in [3.05, 3.63) is 52.5 Å². The summed E-state index contributed by atoms with van der Waals surface area (Å²) in [7, 11) is 0. The standard InChI is InChI=1S/C14H12Cl2N4/c15-10-7-11(16)14-19-13(9-2-5-18-6-3-9)12(1-4-17)20(14)8-10/h2-3,5-8H,1,4,17H2. The quantitative estimate of drug-likeness (QED) is 0.808. The van der Waals surface area contributed by atoms with Crippen molar-refractivity contribution < 1.29 is 0 Å². The fourth-order valence-corrected chi connectivity index (χ4v) is 2.75. The Morgan fingerprint density at radius 1 is 1.20 bits per heavy atom. The molecule has 6 heteroatoms. The van der Waals surface area contributed by atoms with E-state index in [0.29, 0.717) is 28.7 Å². The Hall–Kier alpha value is -1.62. The molecule has 4 nitrogen and oxygen atoms in total. The van der Waals surface area contributed by atoms with Crippen LogP contribution in [0.5, 0.6) is 0 Å². The Bertz CT molecular complexity index is 753. The second-order valence-electron chi connectivity index (χ2n) is 4.38. The summed E-state index contributed by atoms with van der Waals surface area (Å²) in [6, 6.07) is 5.52. The molecule has 0 unspecified atom stereocenters. The first-order valence-corrected chi connectivity index (χ1v) is 6.92. The molecule has 3 rings (SSSR count). The molecule has 102 valence electrons. The van der Waals surface area contributed by atoms with Gasteiger partial charge in [-0.1, -0.05) is 23.2 Å². The van der Waals surface area contributed by atoms with Crippen LogP contribution in [-0.2, 0) is 6.42 Å². The Labute approximate surface area is 126 Å². The van der Waals surface area contributed by atoms with Gasteiger partial charge in [0.15, 0.2) is 5.65 Å². The number of hydrogen-bond donors (Lipinski definition) is 1. The van der Waals surface area contributed by atoms with Gasteiger partial charge in [0.1, 0.15) is 0 Å². The summed E-state index contributed by atoms with van der Waals surface area (Å²) in [6.45, 7) is 0.524.